The Morgan fingerprint density at radius 2 is 2.10 bits per heavy atom. The maximum atomic E-state index is 6.32. The highest BCUT2D eigenvalue weighted by atomic mass is 35.5. The van der Waals surface area contributed by atoms with Crippen LogP contribution in [0.5, 0.6) is 0 Å². The summed E-state index contributed by atoms with van der Waals surface area (Å²) in [5, 5.41) is 13.0. The van der Waals surface area contributed by atoms with Crippen LogP contribution in [0.1, 0.15) is 43.3 Å². The lowest BCUT2D eigenvalue weighted by Crippen LogP contribution is -2.26. The van der Waals surface area contributed by atoms with Crippen molar-refractivity contribution in [1.29, 1.82) is 0 Å². The van der Waals surface area contributed by atoms with Crippen LogP contribution in [-0.4, -0.2) is 26.1 Å². The molecule has 2 rings (SSSR count). The third kappa shape index (κ3) is 2.88. The van der Waals surface area contributed by atoms with Crippen molar-refractivity contribution >= 4 is 11.6 Å². The van der Waals surface area contributed by atoms with Gasteiger partial charge in [-0.15, -0.1) is 0 Å². The quantitative estimate of drug-likeness (QED) is 0.890. The van der Waals surface area contributed by atoms with E-state index < -0.39 is 0 Å². The van der Waals surface area contributed by atoms with E-state index in [1.54, 1.807) is 6.20 Å². The Labute approximate surface area is 124 Å². The third-order valence-corrected chi connectivity index (χ3v) is 3.68. The van der Waals surface area contributed by atoms with Crippen molar-refractivity contribution in [2.75, 3.05) is 6.54 Å². The van der Waals surface area contributed by atoms with Crippen LogP contribution in [0.25, 0.3) is 0 Å². The lowest BCUT2D eigenvalue weighted by atomic mass is 10.0. The van der Waals surface area contributed by atoms with Gasteiger partial charge in [-0.3, -0.25) is 9.36 Å². The summed E-state index contributed by atoms with van der Waals surface area (Å²) in [6, 6.07) is 0.0265. The van der Waals surface area contributed by atoms with E-state index in [9.17, 15) is 0 Å². The second-order valence-electron chi connectivity index (χ2n) is 4.95. The summed E-state index contributed by atoms with van der Waals surface area (Å²) in [6.07, 6.45) is 5.72. The summed E-state index contributed by atoms with van der Waals surface area (Å²) >= 11 is 6.32. The second-order valence-corrected chi connectivity index (χ2v) is 5.35. The van der Waals surface area contributed by atoms with Gasteiger partial charge in [0.15, 0.2) is 0 Å². The fraction of sp³-hybridized carbons (Fsp3) is 0.571. The summed E-state index contributed by atoms with van der Waals surface area (Å²) in [4.78, 5) is 0. The molecule has 2 aromatic rings. The fourth-order valence-electron chi connectivity index (χ4n) is 2.46. The number of aryl methyl sites for hydroxylation is 3. The van der Waals surface area contributed by atoms with Crippen molar-refractivity contribution in [2.24, 2.45) is 14.1 Å². The van der Waals surface area contributed by atoms with E-state index in [4.69, 9.17) is 11.6 Å². The molecule has 0 fully saturated rings. The molecular formula is C14H22ClN5. The molecule has 1 atom stereocenters. The third-order valence-electron chi connectivity index (χ3n) is 3.39. The Hall–Kier alpha value is -1.33. The number of hydrogen-bond acceptors (Lipinski definition) is 3. The zero-order valence-electron chi connectivity index (χ0n) is 12.5. The van der Waals surface area contributed by atoms with Crippen LogP contribution < -0.4 is 5.32 Å². The predicted octanol–water partition coefficient (Wildman–Crippen LogP) is 2.46. The van der Waals surface area contributed by atoms with Gasteiger partial charge in [-0.2, -0.15) is 10.2 Å². The number of aromatic nitrogens is 4. The van der Waals surface area contributed by atoms with E-state index in [2.05, 4.69) is 35.6 Å². The van der Waals surface area contributed by atoms with Crippen molar-refractivity contribution in [3.8, 4) is 0 Å². The maximum absolute atomic E-state index is 6.32. The lowest BCUT2D eigenvalue weighted by molar-refractivity contribution is 0.550. The first-order chi connectivity index (χ1) is 9.58. The highest BCUT2D eigenvalue weighted by molar-refractivity contribution is 6.31. The van der Waals surface area contributed by atoms with Crippen molar-refractivity contribution in [2.45, 2.75) is 32.7 Å². The normalized spacial score (nSPS) is 12.8. The summed E-state index contributed by atoms with van der Waals surface area (Å²) in [7, 11) is 3.87. The lowest BCUT2D eigenvalue weighted by Gasteiger charge is -2.19. The molecule has 5 nitrogen and oxygen atoms in total. The average molecular weight is 296 g/mol. The second kappa shape index (κ2) is 6.41. The monoisotopic (exact) mass is 295 g/mol. The molecule has 0 aliphatic carbocycles. The van der Waals surface area contributed by atoms with Crippen LogP contribution in [-0.2, 0) is 20.5 Å². The highest BCUT2D eigenvalue weighted by Gasteiger charge is 2.24. The van der Waals surface area contributed by atoms with Gasteiger partial charge in [0.2, 0.25) is 0 Å². The molecule has 20 heavy (non-hydrogen) atoms. The smallest absolute Gasteiger partial charge is 0.0837 e. The van der Waals surface area contributed by atoms with Gasteiger partial charge >= 0.3 is 0 Å². The van der Waals surface area contributed by atoms with E-state index in [1.165, 1.54) is 5.56 Å². The first-order valence-electron chi connectivity index (χ1n) is 7.01. The van der Waals surface area contributed by atoms with Crippen LogP contribution in [0.2, 0.25) is 5.02 Å². The molecule has 1 unspecified atom stereocenters. The molecule has 0 bridgehead atoms. The Morgan fingerprint density at radius 3 is 2.65 bits per heavy atom. The van der Waals surface area contributed by atoms with Crippen LogP contribution in [0.4, 0.5) is 0 Å². The molecule has 6 heteroatoms. The van der Waals surface area contributed by atoms with E-state index in [0.717, 1.165) is 30.8 Å². The maximum Gasteiger partial charge on any atom is 0.0837 e. The molecule has 0 radical (unpaired) electrons. The largest absolute Gasteiger partial charge is 0.305 e. The standard InChI is InChI=1S/C14H22ClN5/c1-5-7-16-13(14-11(15)8-17-20(14)4)10-9-19(3)18-12(10)6-2/h8-9,13,16H,5-7H2,1-4H3. The van der Waals surface area contributed by atoms with Crippen molar-refractivity contribution in [1.82, 2.24) is 24.9 Å². The van der Waals surface area contributed by atoms with E-state index in [0.29, 0.717) is 5.02 Å². The van der Waals surface area contributed by atoms with E-state index >= 15 is 0 Å². The Bertz CT molecular complexity index is 553. The van der Waals surface area contributed by atoms with Gasteiger partial charge in [-0.1, -0.05) is 25.4 Å². The minimum atomic E-state index is 0.0265. The van der Waals surface area contributed by atoms with Gasteiger partial charge in [-0.05, 0) is 19.4 Å². The van der Waals surface area contributed by atoms with Gasteiger partial charge in [0.1, 0.15) is 0 Å². The number of hydrogen-bond donors (Lipinski definition) is 1. The molecule has 0 spiro atoms. The molecule has 0 saturated carbocycles. The molecular weight excluding hydrogens is 274 g/mol. The number of rotatable bonds is 6. The van der Waals surface area contributed by atoms with Crippen LogP contribution in [0, 0.1) is 0 Å². The van der Waals surface area contributed by atoms with Gasteiger partial charge < -0.3 is 5.32 Å². The molecule has 1 N–H and O–H groups in total. The summed E-state index contributed by atoms with van der Waals surface area (Å²) in [6.45, 7) is 5.19. The average Bonchev–Trinajstić information content (AvgIpc) is 2.95. The topological polar surface area (TPSA) is 47.7 Å². The molecule has 0 aliphatic heterocycles. The minimum Gasteiger partial charge on any atom is -0.305 e. The molecule has 0 saturated heterocycles. The number of nitrogens with one attached hydrogen (secondary N) is 1. The Balaban J connectivity index is 2.47. The Kier molecular flexibility index (Phi) is 4.83. The first-order valence-corrected chi connectivity index (χ1v) is 7.39. The minimum absolute atomic E-state index is 0.0265. The van der Waals surface area contributed by atoms with E-state index in [-0.39, 0.29) is 6.04 Å². The Morgan fingerprint density at radius 1 is 1.35 bits per heavy atom. The van der Waals surface area contributed by atoms with Crippen LogP contribution in [0.3, 0.4) is 0 Å². The van der Waals surface area contributed by atoms with Crippen molar-refractivity contribution < 1.29 is 0 Å². The molecule has 2 aromatic heterocycles. The molecule has 0 amide bonds. The summed E-state index contributed by atoms with van der Waals surface area (Å²) < 4.78 is 3.70. The van der Waals surface area contributed by atoms with Gasteiger partial charge in [0, 0.05) is 25.9 Å². The van der Waals surface area contributed by atoms with Crippen molar-refractivity contribution in [3.63, 3.8) is 0 Å². The number of nitrogens with zero attached hydrogens (tertiary/aromatic N) is 4. The molecule has 0 aromatic carbocycles. The van der Waals surface area contributed by atoms with Gasteiger partial charge in [0.05, 0.1) is 28.6 Å². The van der Waals surface area contributed by atoms with Gasteiger partial charge in [-0.25, -0.2) is 0 Å². The van der Waals surface area contributed by atoms with E-state index in [1.807, 2.05) is 23.5 Å². The predicted molar refractivity (Wildman–Crippen MR) is 80.9 cm³/mol. The van der Waals surface area contributed by atoms with Crippen molar-refractivity contribution in [3.05, 3.63) is 34.4 Å². The molecule has 110 valence electrons. The van der Waals surface area contributed by atoms with Crippen LogP contribution >= 0.6 is 11.6 Å². The summed E-state index contributed by atoms with van der Waals surface area (Å²) in [5.74, 6) is 0. The fourth-order valence-corrected chi connectivity index (χ4v) is 2.73. The first kappa shape index (κ1) is 15.1. The van der Waals surface area contributed by atoms with Crippen LogP contribution in [0.15, 0.2) is 12.4 Å². The molecule has 0 aliphatic rings. The van der Waals surface area contributed by atoms with Gasteiger partial charge in [0.25, 0.3) is 0 Å². The zero-order chi connectivity index (χ0) is 14.7. The highest BCUT2D eigenvalue weighted by Crippen LogP contribution is 2.29. The number of halogens is 1. The summed E-state index contributed by atoms with van der Waals surface area (Å²) in [5.41, 5.74) is 3.26. The SMILES string of the molecule is CCCNC(c1cn(C)nc1CC)c1c(Cl)cnn1C. The molecule has 2 heterocycles. The zero-order valence-corrected chi connectivity index (χ0v) is 13.3.